The second kappa shape index (κ2) is 10.6. The highest BCUT2D eigenvalue weighted by atomic mass is 32.2. The van der Waals surface area contributed by atoms with Crippen LogP contribution in [0.2, 0.25) is 0 Å². The Morgan fingerprint density at radius 3 is 1.90 bits per heavy atom. The molecule has 0 saturated heterocycles. The van der Waals surface area contributed by atoms with Crippen LogP contribution >= 0.6 is 0 Å². The molecule has 0 unspecified atom stereocenters. The minimum Gasteiger partial charge on any atom is -0.481 e. The van der Waals surface area contributed by atoms with E-state index in [1.165, 1.54) is 0 Å². The summed E-state index contributed by atoms with van der Waals surface area (Å²) in [6.07, 6.45) is 5.33. The van der Waals surface area contributed by atoms with Gasteiger partial charge >= 0.3 is 11.9 Å². The summed E-state index contributed by atoms with van der Waals surface area (Å²) in [6.45, 7) is -0.327. The van der Waals surface area contributed by atoms with Crippen LogP contribution < -0.4 is 0 Å². The molecule has 0 heterocycles. The largest absolute Gasteiger partial charge is 0.481 e. The molecule has 2 N–H and O–H groups in total. The zero-order valence-corrected chi connectivity index (χ0v) is 12.2. The molecule has 0 aromatic rings. The maximum atomic E-state index is 11.2. The van der Waals surface area contributed by atoms with Crippen LogP contribution in [0.25, 0.3) is 0 Å². The normalized spacial score (nSPS) is 11.2. The van der Waals surface area contributed by atoms with Gasteiger partial charge in [-0.3, -0.25) is 14.1 Å². The molecule has 0 aliphatic carbocycles. The Labute approximate surface area is 119 Å². The number of carbonyl (C=O) groups is 2. The Balaban J connectivity index is 3.33. The van der Waals surface area contributed by atoms with Gasteiger partial charge in [0.05, 0.1) is 0 Å². The van der Waals surface area contributed by atoms with E-state index in [1.54, 1.807) is 0 Å². The van der Waals surface area contributed by atoms with E-state index in [0.29, 0.717) is 12.8 Å². The summed E-state index contributed by atoms with van der Waals surface area (Å²) in [5, 5.41) is 8.43. The molecule has 0 aliphatic rings. The number of esters is 1. The van der Waals surface area contributed by atoms with Gasteiger partial charge in [-0.15, -0.1) is 0 Å². The minimum atomic E-state index is -4.08. The van der Waals surface area contributed by atoms with E-state index < -0.39 is 27.8 Å². The average molecular weight is 310 g/mol. The van der Waals surface area contributed by atoms with Crippen molar-refractivity contribution in [3.8, 4) is 0 Å². The molecule has 0 atom stereocenters. The second-order valence-corrected chi connectivity index (χ2v) is 6.09. The van der Waals surface area contributed by atoms with Crippen molar-refractivity contribution in [1.82, 2.24) is 0 Å². The first-order valence-corrected chi connectivity index (χ1v) is 8.25. The van der Waals surface area contributed by atoms with Crippen LogP contribution in [0.1, 0.15) is 51.4 Å². The first-order chi connectivity index (χ1) is 9.31. The summed E-state index contributed by atoms with van der Waals surface area (Å²) in [5.41, 5.74) is 0. The van der Waals surface area contributed by atoms with Crippen molar-refractivity contribution in [2.45, 2.75) is 51.4 Å². The van der Waals surface area contributed by atoms with Crippen LogP contribution in [0.15, 0.2) is 0 Å². The molecule has 0 radical (unpaired) electrons. The molecule has 118 valence electrons. The average Bonchev–Trinajstić information content (AvgIpc) is 2.30. The maximum Gasteiger partial charge on any atom is 0.305 e. The number of aliphatic carboxylic acids is 1. The van der Waals surface area contributed by atoms with Gasteiger partial charge in [0.25, 0.3) is 10.1 Å². The van der Waals surface area contributed by atoms with Gasteiger partial charge in [-0.1, -0.05) is 25.7 Å². The SMILES string of the molecule is O=C(O)CCCCCCCCC(=O)OCCS(=O)(=O)O. The number of hydrogen-bond acceptors (Lipinski definition) is 5. The fourth-order valence-corrected chi connectivity index (χ4v) is 1.88. The molecular formula is C12H22O7S. The maximum absolute atomic E-state index is 11.2. The minimum absolute atomic E-state index is 0.195. The van der Waals surface area contributed by atoms with Gasteiger partial charge in [0.15, 0.2) is 0 Å². The van der Waals surface area contributed by atoms with Gasteiger partial charge < -0.3 is 9.84 Å². The van der Waals surface area contributed by atoms with Crippen LogP contribution in [0.4, 0.5) is 0 Å². The lowest BCUT2D eigenvalue weighted by Gasteiger charge is -2.03. The fraction of sp³-hybridized carbons (Fsp3) is 0.833. The third-order valence-corrected chi connectivity index (χ3v) is 3.31. The van der Waals surface area contributed by atoms with Gasteiger partial charge in [0, 0.05) is 12.8 Å². The Morgan fingerprint density at radius 1 is 0.900 bits per heavy atom. The van der Waals surface area contributed by atoms with Crippen molar-refractivity contribution in [1.29, 1.82) is 0 Å². The Bertz CT molecular complexity index is 389. The van der Waals surface area contributed by atoms with Crippen molar-refractivity contribution >= 4 is 22.1 Å². The highest BCUT2D eigenvalue weighted by Gasteiger charge is 2.07. The molecular weight excluding hydrogens is 288 g/mol. The number of rotatable bonds is 12. The first-order valence-electron chi connectivity index (χ1n) is 6.64. The lowest BCUT2D eigenvalue weighted by Crippen LogP contribution is -2.14. The molecule has 20 heavy (non-hydrogen) atoms. The summed E-state index contributed by atoms with van der Waals surface area (Å²) in [5.74, 6) is -1.83. The number of ether oxygens (including phenoxy) is 1. The number of carboxylic acid groups (broad SMARTS) is 1. The van der Waals surface area contributed by atoms with E-state index >= 15 is 0 Å². The number of carbonyl (C=O) groups excluding carboxylic acids is 1. The summed E-state index contributed by atoms with van der Waals surface area (Å²) in [6, 6.07) is 0. The molecule has 0 aromatic heterocycles. The molecule has 0 aliphatic heterocycles. The van der Waals surface area contributed by atoms with E-state index in [-0.39, 0.29) is 19.4 Å². The van der Waals surface area contributed by atoms with E-state index in [1.807, 2.05) is 0 Å². The van der Waals surface area contributed by atoms with Crippen LogP contribution in [-0.2, 0) is 24.4 Å². The smallest absolute Gasteiger partial charge is 0.305 e. The summed E-state index contributed by atoms with van der Waals surface area (Å²) in [4.78, 5) is 21.4. The first kappa shape index (κ1) is 18.9. The summed E-state index contributed by atoms with van der Waals surface area (Å²) < 4.78 is 33.8. The molecule has 0 amide bonds. The number of hydrogen-bond donors (Lipinski definition) is 2. The van der Waals surface area contributed by atoms with Crippen molar-refractivity contribution in [2.24, 2.45) is 0 Å². The zero-order chi connectivity index (χ0) is 15.4. The second-order valence-electron chi connectivity index (χ2n) is 4.52. The van der Waals surface area contributed by atoms with Crippen LogP contribution in [0.3, 0.4) is 0 Å². The standard InChI is InChI=1S/C12H22O7S/c13-11(14)7-5-3-1-2-4-6-8-12(15)19-9-10-20(16,17)18/h1-10H2,(H,13,14)(H,16,17,18). The number of carboxylic acids is 1. The quantitative estimate of drug-likeness (QED) is 0.319. The number of unbranched alkanes of at least 4 members (excludes halogenated alkanes) is 5. The van der Waals surface area contributed by atoms with Gasteiger partial charge in [-0.25, -0.2) is 0 Å². The highest BCUT2D eigenvalue weighted by Crippen LogP contribution is 2.09. The predicted molar refractivity (Wildman–Crippen MR) is 71.9 cm³/mol. The van der Waals surface area contributed by atoms with Gasteiger partial charge in [-0.05, 0) is 12.8 Å². The molecule has 0 saturated carbocycles. The van der Waals surface area contributed by atoms with E-state index in [2.05, 4.69) is 4.74 Å². The van der Waals surface area contributed by atoms with E-state index in [9.17, 15) is 18.0 Å². The van der Waals surface area contributed by atoms with E-state index in [0.717, 1.165) is 25.7 Å². The van der Waals surface area contributed by atoms with Crippen molar-refractivity contribution in [3.05, 3.63) is 0 Å². The Kier molecular flexibility index (Phi) is 10.0. The van der Waals surface area contributed by atoms with Gasteiger partial charge in [-0.2, -0.15) is 8.42 Å². The third kappa shape index (κ3) is 14.9. The predicted octanol–water partition coefficient (Wildman–Crippen LogP) is 1.62. The van der Waals surface area contributed by atoms with Crippen molar-refractivity contribution in [3.63, 3.8) is 0 Å². The van der Waals surface area contributed by atoms with Gasteiger partial charge in [0.2, 0.25) is 0 Å². The summed E-state index contributed by atoms with van der Waals surface area (Å²) in [7, 11) is -4.08. The molecule has 0 spiro atoms. The molecule has 0 aromatic carbocycles. The van der Waals surface area contributed by atoms with Crippen molar-refractivity contribution < 1.29 is 32.4 Å². The van der Waals surface area contributed by atoms with Crippen molar-refractivity contribution in [2.75, 3.05) is 12.4 Å². The molecule has 7 nitrogen and oxygen atoms in total. The highest BCUT2D eigenvalue weighted by molar-refractivity contribution is 7.85. The van der Waals surface area contributed by atoms with Crippen LogP contribution in [0, 0.1) is 0 Å². The third-order valence-electron chi connectivity index (χ3n) is 2.63. The Hall–Kier alpha value is -1.15. The molecule has 0 rings (SSSR count). The zero-order valence-electron chi connectivity index (χ0n) is 11.4. The van der Waals surface area contributed by atoms with Gasteiger partial charge in [0.1, 0.15) is 12.4 Å². The van der Waals surface area contributed by atoms with Crippen LogP contribution in [0.5, 0.6) is 0 Å². The fourth-order valence-electron chi connectivity index (χ4n) is 1.59. The topological polar surface area (TPSA) is 118 Å². The van der Waals surface area contributed by atoms with E-state index in [4.69, 9.17) is 9.66 Å². The Morgan fingerprint density at radius 2 is 1.40 bits per heavy atom. The monoisotopic (exact) mass is 310 g/mol. The lowest BCUT2D eigenvalue weighted by atomic mass is 10.1. The van der Waals surface area contributed by atoms with Crippen LogP contribution in [-0.4, -0.2) is 42.4 Å². The molecule has 0 fully saturated rings. The molecule has 8 heteroatoms. The molecule has 0 bridgehead atoms. The summed E-state index contributed by atoms with van der Waals surface area (Å²) >= 11 is 0. The lowest BCUT2D eigenvalue weighted by molar-refractivity contribution is -0.143.